The van der Waals surface area contributed by atoms with Gasteiger partial charge in [0.05, 0.1) is 35.6 Å². The number of rotatable bonds is 13. The van der Waals surface area contributed by atoms with Crippen LogP contribution in [0.4, 0.5) is 21.7 Å². The number of amides is 5. The van der Waals surface area contributed by atoms with Crippen LogP contribution in [0.25, 0.3) is 17.0 Å². The van der Waals surface area contributed by atoms with Crippen molar-refractivity contribution in [3.8, 4) is 11.4 Å². The van der Waals surface area contributed by atoms with Gasteiger partial charge in [0.15, 0.2) is 5.65 Å². The van der Waals surface area contributed by atoms with Crippen LogP contribution >= 0.6 is 0 Å². The Morgan fingerprint density at radius 2 is 1.64 bits per heavy atom. The van der Waals surface area contributed by atoms with Crippen molar-refractivity contribution in [2.75, 3.05) is 67.5 Å². The van der Waals surface area contributed by atoms with Crippen LogP contribution in [0.2, 0.25) is 0 Å². The van der Waals surface area contributed by atoms with Crippen LogP contribution in [0, 0.1) is 5.82 Å². The lowest BCUT2D eigenvalue weighted by Gasteiger charge is -2.35. The number of hydrogen-bond donors (Lipinski definition) is 3. The van der Waals surface area contributed by atoms with E-state index >= 15 is 0 Å². The molecular weight excluding hydrogens is 782 g/mol. The van der Waals surface area contributed by atoms with E-state index in [0.717, 1.165) is 78.8 Å². The largest absolute Gasteiger partial charge is 0.385 e. The van der Waals surface area contributed by atoms with Crippen LogP contribution < -0.4 is 25.8 Å². The number of nitrogens with one attached hydrogen (secondary N) is 3. The summed E-state index contributed by atoms with van der Waals surface area (Å²) in [6.07, 6.45) is 5.40. The third-order valence-electron chi connectivity index (χ3n) is 11.9. The van der Waals surface area contributed by atoms with Crippen LogP contribution in [0.3, 0.4) is 0 Å². The number of carbonyl (C=O) groups is 5. The summed E-state index contributed by atoms with van der Waals surface area (Å²) >= 11 is 0. The minimum atomic E-state index is -1.00. The smallest absolute Gasteiger partial charge is 0.262 e. The summed E-state index contributed by atoms with van der Waals surface area (Å²) in [6.45, 7) is 5.13. The van der Waals surface area contributed by atoms with Gasteiger partial charge in [0.25, 0.3) is 11.8 Å². The number of piperidine rings is 1. The molecule has 0 saturated carbocycles. The number of piperazine rings is 1. The van der Waals surface area contributed by atoms with E-state index in [1.54, 1.807) is 36.5 Å². The molecule has 3 fully saturated rings. The van der Waals surface area contributed by atoms with Gasteiger partial charge >= 0.3 is 0 Å². The first-order chi connectivity index (χ1) is 29.7. The number of carbonyl (C=O) groups excluding carboxylic acids is 5. The van der Waals surface area contributed by atoms with Crippen LogP contribution in [0.1, 0.15) is 70.8 Å². The van der Waals surface area contributed by atoms with E-state index in [9.17, 15) is 28.4 Å². The Balaban J connectivity index is 0.720. The molecule has 3 aromatic heterocycles. The zero-order valence-corrected chi connectivity index (χ0v) is 33.6. The fraction of sp³-hybridized carbons (Fsp3) is 0.364. The Bertz CT molecular complexity index is 2520. The van der Waals surface area contributed by atoms with Crippen LogP contribution in [0.5, 0.6) is 0 Å². The van der Waals surface area contributed by atoms with Gasteiger partial charge in [-0.2, -0.15) is 0 Å². The van der Waals surface area contributed by atoms with E-state index in [1.165, 1.54) is 6.07 Å². The Hall–Kier alpha value is -6.75. The summed E-state index contributed by atoms with van der Waals surface area (Å²) in [5.74, 6) is -0.744. The van der Waals surface area contributed by atoms with Gasteiger partial charge in [0.1, 0.15) is 29.2 Å². The highest BCUT2D eigenvalue weighted by atomic mass is 19.1. The molecule has 4 aliphatic heterocycles. The summed E-state index contributed by atoms with van der Waals surface area (Å²) in [5.41, 5.74) is 4.33. The lowest BCUT2D eigenvalue weighted by molar-refractivity contribution is -0.136. The number of imidazole rings is 1. The van der Waals surface area contributed by atoms with Crippen LogP contribution in [-0.2, 0) is 14.4 Å². The molecule has 0 radical (unpaired) electrons. The van der Waals surface area contributed by atoms with Crippen LogP contribution in [0.15, 0.2) is 79.0 Å². The molecule has 0 aliphatic carbocycles. The maximum atomic E-state index is 14.1. The summed E-state index contributed by atoms with van der Waals surface area (Å²) < 4.78 is 15.9. The zero-order chi connectivity index (χ0) is 42.0. The number of fused-ring (bicyclic) bond motifs is 2. The number of anilines is 3. The molecule has 0 bridgehead atoms. The fourth-order valence-electron chi connectivity index (χ4n) is 8.72. The predicted molar refractivity (Wildman–Crippen MR) is 224 cm³/mol. The molecule has 0 spiro atoms. The van der Waals surface area contributed by atoms with Crippen molar-refractivity contribution in [2.24, 2.45) is 0 Å². The van der Waals surface area contributed by atoms with Gasteiger partial charge < -0.3 is 20.4 Å². The van der Waals surface area contributed by atoms with Crippen LogP contribution in [-0.4, -0.2) is 117 Å². The molecule has 5 aromatic rings. The van der Waals surface area contributed by atoms with Crippen molar-refractivity contribution in [1.29, 1.82) is 0 Å². The number of halogens is 1. The third kappa shape index (κ3) is 8.24. The van der Waals surface area contributed by atoms with Crippen molar-refractivity contribution in [3.63, 3.8) is 0 Å². The van der Waals surface area contributed by atoms with E-state index in [2.05, 4.69) is 35.6 Å². The SMILES string of the molecule is O=C(CN1CCN(c2cccc(-c3cnc4ccc(N5CCCC5c5cccc(F)c5)nn34)n2)CC1)NCCCCNc1ccc2c(c1)C(=O)N(C1CCC(=O)NC1=O)C2=O. The highest BCUT2D eigenvalue weighted by Gasteiger charge is 2.44. The monoisotopic (exact) mass is 827 g/mol. The summed E-state index contributed by atoms with van der Waals surface area (Å²) in [7, 11) is 0. The molecule has 5 amide bonds. The molecule has 16 nitrogen and oxygen atoms in total. The Labute approximate surface area is 351 Å². The topological polar surface area (TPSA) is 177 Å². The maximum Gasteiger partial charge on any atom is 0.262 e. The van der Waals surface area contributed by atoms with Gasteiger partial charge in [-0.1, -0.05) is 18.2 Å². The fourth-order valence-corrected chi connectivity index (χ4v) is 8.72. The average Bonchev–Trinajstić information content (AvgIpc) is 3.99. The number of nitrogens with zero attached hydrogens (tertiary/aromatic N) is 8. The van der Waals surface area contributed by atoms with Gasteiger partial charge in [-0.3, -0.25) is 39.1 Å². The molecular formula is C44H46FN11O5. The van der Waals surface area contributed by atoms with E-state index in [0.29, 0.717) is 44.1 Å². The minimum Gasteiger partial charge on any atom is -0.385 e. The Kier molecular flexibility index (Phi) is 11.1. The highest BCUT2D eigenvalue weighted by Crippen LogP contribution is 2.36. The molecule has 9 rings (SSSR count). The molecule has 4 aliphatic rings. The summed E-state index contributed by atoms with van der Waals surface area (Å²) in [4.78, 5) is 80.0. The number of benzene rings is 2. The molecule has 2 atom stereocenters. The van der Waals surface area contributed by atoms with Crippen molar-refractivity contribution < 1.29 is 28.4 Å². The minimum absolute atomic E-state index is 0.0282. The predicted octanol–water partition coefficient (Wildman–Crippen LogP) is 3.80. The second-order valence-electron chi connectivity index (χ2n) is 15.8. The maximum absolute atomic E-state index is 14.1. The summed E-state index contributed by atoms with van der Waals surface area (Å²) in [6, 6.07) is 20.7. The zero-order valence-electron chi connectivity index (χ0n) is 33.6. The van der Waals surface area contributed by atoms with Gasteiger partial charge in [0, 0.05) is 57.9 Å². The second kappa shape index (κ2) is 17.1. The standard InChI is InChI=1S/C44H46FN11O5/c45-29-7-3-6-28(24-29)34-9-5-19-54(34)39-15-14-37-48-26-36(56(37)51-39)33-8-4-10-38(49-33)53-22-20-52(21-23-53)27-41(58)47-18-2-1-17-46-30-11-12-31-32(25-30)44(61)55(43(31)60)35-13-16-40(57)50-42(35)59/h3-4,6-8,10-12,14-15,24-26,34-35,46H,1-2,5,9,13,16-23,27H2,(H,47,58)(H,50,57,59). The first-order valence-corrected chi connectivity index (χ1v) is 20.9. The first kappa shape index (κ1) is 39.7. The Morgan fingerprint density at radius 1 is 0.820 bits per heavy atom. The number of unbranched alkanes of at least 4 members (excludes halogenated alkanes) is 1. The molecule has 7 heterocycles. The molecule has 17 heteroatoms. The highest BCUT2D eigenvalue weighted by molar-refractivity contribution is 6.23. The molecule has 61 heavy (non-hydrogen) atoms. The van der Waals surface area contributed by atoms with Gasteiger partial charge in [-0.25, -0.2) is 18.9 Å². The van der Waals surface area contributed by atoms with Gasteiger partial charge in [-0.05, 0) is 92.3 Å². The lowest BCUT2D eigenvalue weighted by atomic mass is 10.0. The normalized spacial score (nSPS) is 19.5. The molecule has 314 valence electrons. The molecule has 3 N–H and O–H groups in total. The molecule has 2 aromatic carbocycles. The number of imide groups is 2. The van der Waals surface area contributed by atoms with E-state index in [-0.39, 0.29) is 41.7 Å². The summed E-state index contributed by atoms with van der Waals surface area (Å²) in [5, 5.41) is 13.5. The van der Waals surface area contributed by atoms with Gasteiger partial charge in [-0.15, -0.1) is 5.10 Å². The quantitative estimate of drug-likeness (QED) is 0.116. The Morgan fingerprint density at radius 3 is 2.48 bits per heavy atom. The number of aromatic nitrogens is 4. The molecule has 3 saturated heterocycles. The molecule has 2 unspecified atom stereocenters. The van der Waals surface area contributed by atoms with E-state index in [4.69, 9.17) is 10.1 Å². The average molecular weight is 828 g/mol. The van der Waals surface area contributed by atoms with E-state index < -0.39 is 29.7 Å². The first-order valence-electron chi connectivity index (χ1n) is 20.9. The van der Waals surface area contributed by atoms with Crippen molar-refractivity contribution >= 4 is 52.5 Å². The third-order valence-corrected chi connectivity index (χ3v) is 11.9. The van der Waals surface area contributed by atoms with Crippen molar-refractivity contribution in [2.45, 2.75) is 50.6 Å². The van der Waals surface area contributed by atoms with E-state index in [1.807, 2.05) is 40.9 Å². The van der Waals surface area contributed by atoms with Crippen molar-refractivity contribution in [1.82, 2.24) is 40.0 Å². The van der Waals surface area contributed by atoms with Crippen molar-refractivity contribution in [3.05, 3.63) is 102 Å². The van der Waals surface area contributed by atoms with Gasteiger partial charge in [0.2, 0.25) is 17.7 Å². The number of pyridine rings is 1. The number of hydrogen-bond acceptors (Lipinski definition) is 12. The second-order valence-corrected chi connectivity index (χ2v) is 15.8. The lowest BCUT2D eigenvalue weighted by Crippen LogP contribution is -2.54.